The summed E-state index contributed by atoms with van der Waals surface area (Å²) in [5.41, 5.74) is 1.79. The second kappa shape index (κ2) is 8.32. The molecule has 6 heteroatoms. The van der Waals surface area contributed by atoms with Crippen LogP contribution in [0.15, 0.2) is 42.6 Å². The highest BCUT2D eigenvalue weighted by molar-refractivity contribution is 6.30. The van der Waals surface area contributed by atoms with Gasteiger partial charge in [0.25, 0.3) is 0 Å². The number of nitrogens with zero attached hydrogens (tertiary/aromatic N) is 3. The molecule has 0 unspecified atom stereocenters. The van der Waals surface area contributed by atoms with Gasteiger partial charge in [0.15, 0.2) is 0 Å². The molecule has 0 spiro atoms. The second-order valence-corrected chi connectivity index (χ2v) is 6.42. The zero-order valence-corrected chi connectivity index (χ0v) is 15.1. The summed E-state index contributed by atoms with van der Waals surface area (Å²) in [6.45, 7) is 6.57. The maximum Gasteiger partial charge on any atom is 0.341 e. The number of benzene rings is 1. The van der Waals surface area contributed by atoms with Crippen LogP contribution in [0.4, 0.5) is 5.82 Å². The van der Waals surface area contributed by atoms with Crippen molar-refractivity contribution in [1.29, 1.82) is 0 Å². The predicted octanol–water partition coefficient (Wildman–Crippen LogP) is 3.23. The van der Waals surface area contributed by atoms with Crippen molar-refractivity contribution in [2.45, 2.75) is 13.5 Å². The minimum absolute atomic E-state index is 0.311. The lowest BCUT2D eigenvalue weighted by Crippen LogP contribution is -2.46. The zero-order chi connectivity index (χ0) is 17.6. The van der Waals surface area contributed by atoms with Crippen LogP contribution in [-0.4, -0.2) is 48.6 Å². The minimum Gasteiger partial charge on any atom is -0.462 e. The van der Waals surface area contributed by atoms with Crippen molar-refractivity contribution >= 4 is 23.4 Å². The Balaban J connectivity index is 1.62. The molecule has 0 amide bonds. The van der Waals surface area contributed by atoms with Crippen molar-refractivity contribution < 1.29 is 9.53 Å². The fourth-order valence-corrected chi connectivity index (χ4v) is 3.11. The molecule has 25 heavy (non-hydrogen) atoms. The number of piperazine rings is 1. The number of carbonyl (C=O) groups excluding carboxylic acids is 1. The van der Waals surface area contributed by atoms with Crippen molar-refractivity contribution in [3.05, 3.63) is 58.7 Å². The minimum atomic E-state index is -0.311. The molecule has 3 rings (SSSR count). The molecule has 0 aliphatic carbocycles. The van der Waals surface area contributed by atoms with Crippen LogP contribution in [0.3, 0.4) is 0 Å². The molecule has 0 saturated carbocycles. The van der Waals surface area contributed by atoms with Crippen molar-refractivity contribution in [2.24, 2.45) is 0 Å². The van der Waals surface area contributed by atoms with E-state index in [1.54, 1.807) is 18.3 Å². The summed E-state index contributed by atoms with van der Waals surface area (Å²) in [6, 6.07) is 11.5. The first-order valence-corrected chi connectivity index (χ1v) is 8.89. The van der Waals surface area contributed by atoms with Crippen molar-refractivity contribution in [1.82, 2.24) is 9.88 Å². The summed E-state index contributed by atoms with van der Waals surface area (Å²) in [5, 5.41) is 0.759. The molecule has 1 aromatic heterocycles. The molecule has 0 radical (unpaired) electrons. The van der Waals surface area contributed by atoms with Crippen molar-refractivity contribution in [3.63, 3.8) is 0 Å². The van der Waals surface area contributed by atoms with Gasteiger partial charge in [-0.15, -0.1) is 0 Å². The van der Waals surface area contributed by atoms with E-state index in [9.17, 15) is 4.79 Å². The van der Waals surface area contributed by atoms with Crippen LogP contribution in [0.25, 0.3) is 0 Å². The first kappa shape index (κ1) is 17.7. The lowest BCUT2D eigenvalue weighted by atomic mass is 10.2. The smallest absolute Gasteiger partial charge is 0.341 e. The van der Waals surface area contributed by atoms with Crippen LogP contribution >= 0.6 is 11.6 Å². The van der Waals surface area contributed by atoms with Crippen LogP contribution in [-0.2, 0) is 11.3 Å². The molecule has 0 bridgehead atoms. The molecular weight excluding hydrogens is 338 g/mol. The number of anilines is 1. The summed E-state index contributed by atoms with van der Waals surface area (Å²) >= 11 is 5.94. The van der Waals surface area contributed by atoms with E-state index in [1.807, 2.05) is 19.1 Å². The van der Waals surface area contributed by atoms with Crippen LogP contribution in [0, 0.1) is 0 Å². The van der Waals surface area contributed by atoms with Crippen LogP contribution < -0.4 is 4.90 Å². The van der Waals surface area contributed by atoms with E-state index in [0.29, 0.717) is 18.0 Å². The molecule has 5 nitrogen and oxygen atoms in total. The highest BCUT2D eigenvalue weighted by Gasteiger charge is 2.23. The number of hydrogen-bond donors (Lipinski definition) is 0. The highest BCUT2D eigenvalue weighted by Crippen LogP contribution is 2.21. The molecule has 0 N–H and O–H groups in total. The maximum atomic E-state index is 12.1. The third kappa shape index (κ3) is 4.50. The van der Waals surface area contributed by atoms with Gasteiger partial charge in [0.05, 0.1) is 6.61 Å². The first-order chi connectivity index (χ1) is 12.2. The lowest BCUT2D eigenvalue weighted by Gasteiger charge is -2.36. The Morgan fingerprint density at radius 3 is 2.56 bits per heavy atom. The van der Waals surface area contributed by atoms with E-state index in [4.69, 9.17) is 16.3 Å². The molecule has 1 saturated heterocycles. The molecular formula is C19H22ClN3O2. The number of carbonyl (C=O) groups is 1. The fraction of sp³-hybridized carbons (Fsp3) is 0.368. The van der Waals surface area contributed by atoms with Gasteiger partial charge in [-0.2, -0.15) is 0 Å². The quantitative estimate of drug-likeness (QED) is 0.767. The molecule has 1 aliphatic heterocycles. The number of halogens is 1. The van der Waals surface area contributed by atoms with Gasteiger partial charge >= 0.3 is 5.97 Å². The third-order valence-corrected chi connectivity index (χ3v) is 4.53. The Bertz CT molecular complexity index is 713. The van der Waals surface area contributed by atoms with E-state index >= 15 is 0 Å². The average molecular weight is 360 g/mol. The van der Waals surface area contributed by atoms with Gasteiger partial charge in [-0.05, 0) is 36.8 Å². The Labute approximate surface area is 153 Å². The summed E-state index contributed by atoms with van der Waals surface area (Å²) in [4.78, 5) is 21.1. The second-order valence-electron chi connectivity index (χ2n) is 5.98. The molecule has 1 aromatic carbocycles. The van der Waals surface area contributed by atoms with E-state index in [0.717, 1.165) is 37.7 Å². The van der Waals surface area contributed by atoms with Gasteiger partial charge in [0, 0.05) is 43.9 Å². The van der Waals surface area contributed by atoms with E-state index in [2.05, 4.69) is 26.9 Å². The summed E-state index contributed by atoms with van der Waals surface area (Å²) in [7, 11) is 0. The largest absolute Gasteiger partial charge is 0.462 e. The topological polar surface area (TPSA) is 45.7 Å². The number of rotatable bonds is 5. The third-order valence-electron chi connectivity index (χ3n) is 4.27. The van der Waals surface area contributed by atoms with Gasteiger partial charge in [0.2, 0.25) is 0 Å². The van der Waals surface area contributed by atoms with Crippen molar-refractivity contribution in [3.8, 4) is 0 Å². The summed E-state index contributed by atoms with van der Waals surface area (Å²) in [5.74, 6) is 0.404. The number of esters is 1. The monoisotopic (exact) mass is 359 g/mol. The van der Waals surface area contributed by atoms with Crippen LogP contribution in [0.2, 0.25) is 5.02 Å². The Kier molecular flexibility index (Phi) is 5.89. The van der Waals surface area contributed by atoms with E-state index in [-0.39, 0.29) is 5.97 Å². The number of pyridine rings is 1. The predicted molar refractivity (Wildman–Crippen MR) is 99.1 cm³/mol. The summed E-state index contributed by atoms with van der Waals surface area (Å²) in [6.07, 6.45) is 1.72. The molecule has 1 aliphatic rings. The lowest BCUT2D eigenvalue weighted by molar-refractivity contribution is 0.0526. The summed E-state index contributed by atoms with van der Waals surface area (Å²) < 4.78 is 5.14. The van der Waals surface area contributed by atoms with Crippen molar-refractivity contribution in [2.75, 3.05) is 37.7 Å². The van der Waals surface area contributed by atoms with Gasteiger partial charge in [-0.3, -0.25) is 4.90 Å². The fourth-order valence-electron chi connectivity index (χ4n) is 2.98. The van der Waals surface area contributed by atoms with Gasteiger partial charge in [0.1, 0.15) is 11.4 Å². The van der Waals surface area contributed by atoms with E-state index < -0.39 is 0 Å². The van der Waals surface area contributed by atoms with Crippen LogP contribution in [0.5, 0.6) is 0 Å². The zero-order valence-electron chi connectivity index (χ0n) is 14.3. The van der Waals surface area contributed by atoms with E-state index in [1.165, 1.54) is 5.56 Å². The molecule has 2 aromatic rings. The van der Waals surface area contributed by atoms with Gasteiger partial charge in [-0.25, -0.2) is 9.78 Å². The maximum absolute atomic E-state index is 12.1. The van der Waals surface area contributed by atoms with Gasteiger partial charge in [-0.1, -0.05) is 23.7 Å². The number of aromatic nitrogens is 1. The number of ether oxygens (including phenoxy) is 1. The Morgan fingerprint density at radius 1 is 1.16 bits per heavy atom. The SMILES string of the molecule is CCOC(=O)c1cccnc1N1CCN(Cc2ccc(Cl)cc2)CC1. The standard InChI is InChI=1S/C19H22ClN3O2/c1-2-25-19(24)17-4-3-9-21-18(17)23-12-10-22(11-13-23)14-15-5-7-16(20)8-6-15/h3-9H,2,10-14H2,1H3. The van der Waals surface area contributed by atoms with Gasteiger partial charge < -0.3 is 9.64 Å². The Morgan fingerprint density at radius 2 is 1.88 bits per heavy atom. The molecule has 2 heterocycles. The highest BCUT2D eigenvalue weighted by atomic mass is 35.5. The average Bonchev–Trinajstić information content (AvgIpc) is 2.64. The van der Waals surface area contributed by atoms with Crippen LogP contribution in [0.1, 0.15) is 22.8 Å². The molecule has 132 valence electrons. The molecule has 1 fully saturated rings. The Hall–Kier alpha value is -2.11. The molecule has 0 atom stereocenters. The normalized spacial score (nSPS) is 15.2. The first-order valence-electron chi connectivity index (χ1n) is 8.51. The number of hydrogen-bond acceptors (Lipinski definition) is 5.